The summed E-state index contributed by atoms with van der Waals surface area (Å²) >= 11 is 0. The van der Waals surface area contributed by atoms with Crippen molar-refractivity contribution in [3.63, 3.8) is 0 Å². The maximum absolute atomic E-state index is 11.9. The van der Waals surface area contributed by atoms with Crippen LogP contribution in [0.25, 0.3) is 0 Å². The number of rotatable bonds is 4. The second-order valence-corrected chi connectivity index (χ2v) is 4.55. The zero-order valence-corrected chi connectivity index (χ0v) is 11.8. The van der Waals surface area contributed by atoms with Crippen LogP contribution in [0.2, 0.25) is 0 Å². The first-order chi connectivity index (χ1) is 9.61. The first-order valence-corrected chi connectivity index (χ1v) is 6.30. The molecule has 0 atom stereocenters. The Balaban J connectivity index is 2.13. The number of aromatic nitrogens is 2. The fraction of sp³-hybridized carbons (Fsp3) is 0.267. The van der Waals surface area contributed by atoms with Crippen LogP contribution < -0.4 is 10.1 Å². The van der Waals surface area contributed by atoms with Crippen molar-refractivity contribution in [2.75, 3.05) is 7.11 Å². The highest BCUT2D eigenvalue weighted by Crippen LogP contribution is 2.24. The smallest absolute Gasteiger partial charge is 0.271 e. The number of hydrogen-bond donors (Lipinski definition) is 1. The van der Waals surface area contributed by atoms with Crippen LogP contribution in [0.5, 0.6) is 5.75 Å². The molecular weight excluding hydrogens is 254 g/mol. The Morgan fingerprint density at radius 1 is 1.30 bits per heavy atom. The van der Waals surface area contributed by atoms with E-state index < -0.39 is 0 Å². The van der Waals surface area contributed by atoms with Gasteiger partial charge in [-0.25, -0.2) is 4.98 Å². The number of carbonyl (C=O) groups is 1. The van der Waals surface area contributed by atoms with Crippen molar-refractivity contribution >= 4 is 5.91 Å². The summed E-state index contributed by atoms with van der Waals surface area (Å²) in [5, 5.41) is 2.82. The Morgan fingerprint density at radius 3 is 2.75 bits per heavy atom. The number of ether oxygens (including phenoxy) is 1. The lowest BCUT2D eigenvalue weighted by Crippen LogP contribution is -2.24. The molecule has 0 aliphatic carbocycles. The minimum Gasteiger partial charge on any atom is -0.496 e. The number of carbonyl (C=O) groups excluding carboxylic acids is 1. The van der Waals surface area contributed by atoms with Gasteiger partial charge in [-0.2, -0.15) is 0 Å². The molecule has 5 nitrogen and oxygen atoms in total. The molecule has 0 spiro atoms. The number of amides is 1. The van der Waals surface area contributed by atoms with E-state index in [-0.39, 0.29) is 5.91 Å². The van der Waals surface area contributed by atoms with Crippen molar-refractivity contribution in [2.45, 2.75) is 20.4 Å². The minimum absolute atomic E-state index is 0.251. The minimum atomic E-state index is -0.251. The largest absolute Gasteiger partial charge is 0.496 e. The van der Waals surface area contributed by atoms with E-state index >= 15 is 0 Å². The summed E-state index contributed by atoms with van der Waals surface area (Å²) < 4.78 is 5.39. The molecule has 5 heteroatoms. The van der Waals surface area contributed by atoms with Crippen LogP contribution in [-0.2, 0) is 6.54 Å². The fourth-order valence-electron chi connectivity index (χ4n) is 2.15. The molecule has 2 aromatic rings. The average molecular weight is 271 g/mol. The lowest BCUT2D eigenvalue weighted by Gasteiger charge is -2.13. The number of benzene rings is 1. The second kappa shape index (κ2) is 6.14. The quantitative estimate of drug-likeness (QED) is 0.924. The van der Waals surface area contributed by atoms with Crippen molar-refractivity contribution in [2.24, 2.45) is 0 Å². The molecule has 0 radical (unpaired) electrons. The van der Waals surface area contributed by atoms with Gasteiger partial charge in [-0.15, -0.1) is 0 Å². The van der Waals surface area contributed by atoms with Crippen LogP contribution in [0.4, 0.5) is 0 Å². The van der Waals surface area contributed by atoms with Gasteiger partial charge in [0.1, 0.15) is 11.4 Å². The molecule has 1 heterocycles. The van der Waals surface area contributed by atoms with E-state index in [1.807, 2.05) is 26.0 Å². The molecule has 1 amide bonds. The first-order valence-electron chi connectivity index (χ1n) is 6.30. The molecule has 1 aromatic carbocycles. The van der Waals surface area contributed by atoms with Gasteiger partial charge in [0, 0.05) is 24.5 Å². The third-order valence-corrected chi connectivity index (χ3v) is 2.94. The lowest BCUT2D eigenvalue weighted by atomic mass is 10.1. The fourth-order valence-corrected chi connectivity index (χ4v) is 2.15. The predicted molar refractivity (Wildman–Crippen MR) is 75.7 cm³/mol. The molecule has 20 heavy (non-hydrogen) atoms. The third-order valence-electron chi connectivity index (χ3n) is 2.94. The molecule has 104 valence electrons. The maximum atomic E-state index is 11.9. The van der Waals surface area contributed by atoms with Crippen molar-refractivity contribution < 1.29 is 9.53 Å². The van der Waals surface area contributed by atoms with E-state index in [1.165, 1.54) is 18.6 Å². The summed E-state index contributed by atoms with van der Waals surface area (Å²) in [6.07, 6.45) is 4.46. The number of nitrogens with one attached hydrogen (secondary N) is 1. The van der Waals surface area contributed by atoms with Gasteiger partial charge in [0.25, 0.3) is 5.91 Å². The van der Waals surface area contributed by atoms with Gasteiger partial charge in [-0.3, -0.25) is 9.78 Å². The number of aryl methyl sites for hydroxylation is 2. The van der Waals surface area contributed by atoms with Gasteiger partial charge in [-0.1, -0.05) is 17.7 Å². The topological polar surface area (TPSA) is 64.1 Å². The summed E-state index contributed by atoms with van der Waals surface area (Å²) in [4.78, 5) is 19.8. The molecule has 1 N–H and O–H groups in total. The third kappa shape index (κ3) is 3.12. The van der Waals surface area contributed by atoms with Gasteiger partial charge in [0.05, 0.1) is 13.3 Å². The summed E-state index contributed by atoms with van der Waals surface area (Å²) in [5.41, 5.74) is 3.43. The number of hydrogen-bond acceptors (Lipinski definition) is 4. The zero-order valence-electron chi connectivity index (χ0n) is 11.8. The van der Waals surface area contributed by atoms with E-state index in [9.17, 15) is 4.79 Å². The zero-order chi connectivity index (χ0) is 14.5. The number of nitrogens with zero attached hydrogens (tertiary/aromatic N) is 2. The highest BCUT2D eigenvalue weighted by Gasteiger charge is 2.11. The molecule has 0 fully saturated rings. The Morgan fingerprint density at radius 2 is 2.10 bits per heavy atom. The summed E-state index contributed by atoms with van der Waals surface area (Å²) in [7, 11) is 1.63. The van der Waals surface area contributed by atoms with Crippen molar-refractivity contribution in [1.29, 1.82) is 0 Å². The normalized spacial score (nSPS) is 10.2. The van der Waals surface area contributed by atoms with Crippen LogP contribution >= 0.6 is 0 Å². The van der Waals surface area contributed by atoms with Crippen LogP contribution in [0.15, 0.2) is 30.7 Å². The van der Waals surface area contributed by atoms with Crippen molar-refractivity contribution in [1.82, 2.24) is 15.3 Å². The molecule has 0 aliphatic rings. The Bertz CT molecular complexity index is 612. The molecule has 2 rings (SSSR count). The van der Waals surface area contributed by atoms with Gasteiger partial charge in [-0.05, 0) is 19.4 Å². The van der Waals surface area contributed by atoms with E-state index in [1.54, 1.807) is 7.11 Å². The summed E-state index contributed by atoms with van der Waals surface area (Å²) in [6, 6.07) is 4.05. The standard InChI is InChI=1S/C15H17N3O2/c1-10-6-11(2)14(20-3)12(7-10)8-18-15(19)13-9-16-4-5-17-13/h4-7,9H,8H2,1-3H3,(H,18,19). The van der Waals surface area contributed by atoms with E-state index in [4.69, 9.17) is 4.74 Å². The Hall–Kier alpha value is -2.43. The molecule has 0 unspecified atom stereocenters. The molecule has 1 aromatic heterocycles. The second-order valence-electron chi connectivity index (χ2n) is 4.55. The Labute approximate surface area is 118 Å². The van der Waals surface area contributed by atoms with Crippen molar-refractivity contribution in [3.05, 3.63) is 53.1 Å². The molecular formula is C15H17N3O2. The summed E-state index contributed by atoms with van der Waals surface area (Å²) in [5.74, 6) is 0.550. The maximum Gasteiger partial charge on any atom is 0.271 e. The highest BCUT2D eigenvalue weighted by molar-refractivity contribution is 5.91. The van der Waals surface area contributed by atoms with Crippen molar-refractivity contribution in [3.8, 4) is 5.75 Å². The molecule has 0 bridgehead atoms. The average Bonchev–Trinajstić information content (AvgIpc) is 2.45. The lowest BCUT2D eigenvalue weighted by molar-refractivity contribution is 0.0945. The van der Waals surface area contributed by atoms with Gasteiger partial charge >= 0.3 is 0 Å². The van der Waals surface area contributed by atoms with Gasteiger partial charge in [0.2, 0.25) is 0 Å². The van der Waals surface area contributed by atoms with Gasteiger partial charge < -0.3 is 10.1 Å². The van der Waals surface area contributed by atoms with Crippen LogP contribution in [0.1, 0.15) is 27.2 Å². The van der Waals surface area contributed by atoms with Gasteiger partial charge in [0.15, 0.2) is 0 Å². The monoisotopic (exact) mass is 271 g/mol. The summed E-state index contributed by atoms with van der Waals surface area (Å²) in [6.45, 7) is 4.39. The van der Waals surface area contributed by atoms with E-state index in [2.05, 4.69) is 15.3 Å². The van der Waals surface area contributed by atoms with E-state index in [0.717, 1.165) is 22.4 Å². The molecule has 0 saturated heterocycles. The van der Waals surface area contributed by atoms with Crippen LogP contribution in [0.3, 0.4) is 0 Å². The van der Waals surface area contributed by atoms with Crippen LogP contribution in [-0.4, -0.2) is 23.0 Å². The molecule has 0 aliphatic heterocycles. The first kappa shape index (κ1) is 14.0. The Kier molecular flexibility index (Phi) is 4.30. The van der Waals surface area contributed by atoms with Crippen LogP contribution in [0, 0.1) is 13.8 Å². The number of methoxy groups -OCH3 is 1. The predicted octanol–water partition coefficient (Wildman–Crippen LogP) is 2.03. The highest BCUT2D eigenvalue weighted by atomic mass is 16.5. The van der Waals surface area contributed by atoms with E-state index in [0.29, 0.717) is 12.2 Å². The molecule has 0 saturated carbocycles. The SMILES string of the molecule is COc1c(C)cc(C)cc1CNC(=O)c1cnccn1.